The van der Waals surface area contributed by atoms with Crippen molar-refractivity contribution in [1.29, 1.82) is 0 Å². The number of urea groups is 1. The normalized spacial score (nSPS) is 31.4. The zero-order valence-corrected chi connectivity index (χ0v) is 11.3. The summed E-state index contributed by atoms with van der Waals surface area (Å²) in [7, 11) is 0. The number of fused-ring (bicyclic) bond motifs is 1. The van der Waals surface area contributed by atoms with Gasteiger partial charge in [-0.15, -0.1) is 0 Å². The number of aliphatic hydroxyl groups excluding tert-OH is 1. The predicted molar refractivity (Wildman–Crippen MR) is 70.9 cm³/mol. The molecular formula is C12H16N4O5. The number of rotatable bonds is 2. The highest BCUT2D eigenvalue weighted by Gasteiger charge is 2.48. The lowest BCUT2D eigenvalue weighted by molar-refractivity contribution is -0.0359. The number of hydrogen-bond acceptors (Lipinski definition) is 5. The number of nitrogens with one attached hydrogen (secondary N) is 3. The van der Waals surface area contributed by atoms with Crippen LogP contribution in [0, 0.1) is 12.8 Å². The first-order chi connectivity index (χ1) is 10.0. The summed E-state index contributed by atoms with van der Waals surface area (Å²) in [5.74, 6) is -0.217. The molecule has 2 saturated heterocycles. The third kappa shape index (κ3) is 2.24. The molecule has 9 heteroatoms. The van der Waals surface area contributed by atoms with Gasteiger partial charge in [0.2, 0.25) is 0 Å². The summed E-state index contributed by atoms with van der Waals surface area (Å²) in [4.78, 5) is 38.1. The average molecular weight is 296 g/mol. The Kier molecular flexibility index (Phi) is 3.30. The molecule has 3 rings (SSSR count). The summed E-state index contributed by atoms with van der Waals surface area (Å²) in [5.41, 5.74) is -0.662. The lowest BCUT2D eigenvalue weighted by Gasteiger charge is -2.30. The van der Waals surface area contributed by atoms with Crippen molar-refractivity contribution in [3.63, 3.8) is 0 Å². The fourth-order valence-electron chi connectivity index (χ4n) is 2.92. The van der Waals surface area contributed by atoms with E-state index in [1.54, 1.807) is 6.92 Å². The van der Waals surface area contributed by atoms with E-state index >= 15 is 0 Å². The molecule has 21 heavy (non-hydrogen) atoms. The Balaban J connectivity index is 2.04. The van der Waals surface area contributed by atoms with Gasteiger partial charge in [0.05, 0.1) is 18.8 Å². The highest BCUT2D eigenvalue weighted by molar-refractivity contribution is 5.75. The first-order valence-electron chi connectivity index (χ1n) is 6.64. The molecule has 2 aliphatic rings. The first kappa shape index (κ1) is 13.8. The van der Waals surface area contributed by atoms with Crippen LogP contribution in [-0.2, 0) is 4.74 Å². The minimum Gasteiger partial charge on any atom is -0.394 e. The Morgan fingerprint density at radius 2 is 2.19 bits per heavy atom. The minimum atomic E-state index is -0.935. The van der Waals surface area contributed by atoms with Crippen molar-refractivity contribution in [1.82, 2.24) is 20.2 Å². The number of aliphatic hydroxyl groups is 1. The molecule has 2 fully saturated rings. The van der Waals surface area contributed by atoms with Crippen LogP contribution >= 0.6 is 0 Å². The van der Waals surface area contributed by atoms with Gasteiger partial charge >= 0.3 is 11.7 Å². The van der Waals surface area contributed by atoms with Gasteiger partial charge < -0.3 is 25.5 Å². The molecule has 3 heterocycles. The van der Waals surface area contributed by atoms with E-state index in [0.29, 0.717) is 12.2 Å². The number of carbonyl (C=O) groups is 1. The van der Waals surface area contributed by atoms with Crippen LogP contribution in [0.3, 0.4) is 0 Å². The monoisotopic (exact) mass is 296 g/mol. The molecule has 0 radical (unpaired) electrons. The lowest BCUT2D eigenvalue weighted by atomic mass is 9.94. The molecule has 9 nitrogen and oxygen atoms in total. The van der Waals surface area contributed by atoms with E-state index in [0.717, 1.165) is 4.57 Å². The van der Waals surface area contributed by atoms with Gasteiger partial charge in [0.1, 0.15) is 0 Å². The molecule has 2 unspecified atom stereocenters. The number of ether oxygens (including phenoxy) is 1. The number of carbonyl (C=O) groups excluding carboxylic acids is 1. The second-order valence-corrected chi connectivity index (χ2v) is 5.26. The summed E-state index contributed by atoms with van der Waals surface area (Å²) in [6.45, 7) is 1.67. The van der Waals surface area contributed by atoms with Gasteiger partial charge in [0.15, 0.2) is 6.23 Å². The molecule has 0 saturated carbocycles. The standard InChI is InChI=1S/C12H16N4O5/c1-5-2-8(18)16(12(20)14-5)10-9-6(7(4-17)21-10)3-13-11(19)15-9/h2,6-7,9-10,17H,3-4H2,1H3,(H,14,20)(H2,13,15,19)/t6?,7-,9?,10-/m1/s1. The fraction of sp³-hybridized carbons (Fsp3) is 0.583. The van der Waals surface area contributed by atoms with Crippen LogP contribution in [-0.4, -0.2) is 46.0 Å². The highest BCUT2D eigenvalue weighted by atomic mass is 16.5. The summed E-state index contributed by atoms with van der Waals surface area (Å²) in [6.07, 6.45) is -1.49. The molecule has 2 amide bonds. The third-order valence-corrected chi connectivity index (χ3v) is 3.89. The van der Waals surface area contributed by atoms with Crippen LogP contribution in [0.1, 0.15) is 11.9 Å². The van der Waals surface area contributed by atoms with Crippen molar-refractivity contribution >= 4 is 6.03 Å². The topological polar surface area (TPSA) is 125 Å². The largest absolute Gasteiger partial charge is 0.394 e. The number of aryl methyl sites for hydroxylation is 1. The quantitative estimate of drug-likeness (QED) is 0.504. The van der Waals surface area contributed by atoms with Gasteiger partial charge in [-0.2, -0.15) is 0 Å². The summed E-state index contributed by atoms with van der Waals surface area (Å²) in [5, 5.41) is 14.7. The van der Waals surface area contributed by atoms with Crippen LogP contribution in [0.2, 0.25) is 0 Å². The second kappa shape index (κ2) is 5.01. The van der Waals surface area contributed by atoms with Crippen LogP contribution in [0.4, 0.5) is 4.79 Å². The maximum Gasteiger partial charge on any atom is 0.330 e. The zero-order valence-electron chi connectivity index (χ0n) is 11.3. The third-order valence-electron chi connectivity index (χ3n) is 3.89. The van der Waals surface area contributed by atoms with Crippen molar-refractivity contribution in [2.45, 2.75) is 25.3 Å². The van der Waals surface area contributed by atoms with Crippen LogP contribution in [0.25, 0.3) is 0 Å². The molecule has 2 aliphatic heterocycles. The van der Waals surface area contributed by atoms with E-state index in [9.17, 15) is 19.5 Å². The van der Waals surface area contributed by atoms with E-state index < -0.39 is 29.6 Å². The molecule has 0 bridgehead atoms. The van der Waals surface area contributed by atoms with E-state index in [2.05, 4.69) is 15.6 Å². The molecular weight excluding hydrogens is 280 g/mol. The SMILES string of the molecule is Cc1cc(=O)n([C@@H]2O[C@H](CO)C3CNC(=O)NC32)c(=O)[nH]1. The Morgan fingerprint density at radius 3 is 2.86 bits per heavy atom. The van der Waals surface area contributed by atoms with Crippen LogP contribution in [0.15, 0.2) is 15.7 Å². The molecule has 4 N–H and O–H groups in total. The Bertz CT molecular complexity index is 650. The molecule has 0 aliphatic carbocycles. The number of H-pyrrole nitrogens is 1. The van der Waals surface area contributed by atoms with Crippen molar-refractivity contribution in [2.24, 2.45) is 5.92 Å². The molecule has 0 aromatic carbocycles. The Morgan fingerprint density at radius 1 is 1.43 bits per heavy atom. The number of aromatic nitrogens is 2. The summed E-state index contributed by atoms with van der Waals surface area (Å²) >= 11 is 0. The maximum atomic E-state index is 12.1. The van der Waals surface area contributed by atoms with Crippen molar-refractivity contribution < 1.29 is 14.6 Å². The van der Waals surface area contributed by atoms with Crippen molar-refractivity contribution in [2.75, 3.05) is 13.2 Å². The summed E-state index contributed by atoms with van der Waals surface area (Å²) < 4.78 is 6.57. The van der Waals surface area contributed by atoms with E-state index in [1.807, 2.05) is 0 Å². The molecule has 1 aromatic rings. The molecule has 1 aromatic heterocycles. The van der Waals surface area contributed by atoms with Crippen LogP contribution in [0.5, 0.6) is 0 Å². The fourth-order valence-corrected chi connectivity index (χ4v) is 2.92. The summed E-state index contributed by atoms with van der Waals surface area (Å²) in [6, 6.07) is 0.354. The van der Waals surface area contributed by atoms with Gasteiger partial charge in [0.25, 0.3) is 5.56 Å². The smallest absolute Gasteiger partial charge is 0.330 e. The predicted octanol–water partition coefficient (Wildman–Crippen LogP) is -1.97. The molecule has 0 spiro atoms. The Hall–Kier alpha value is -2.13. The second-order valence-electron chi connectivity index (χ2n) is 5.26. The average Bonchev–Trinajstić information content (AvgIpc) is 2.75. The van der Waals surface area contributed by atoms with E-state index in [1.165, 1.54) is 6.07 Å². The van der Waals surface area contributed by atoms with Gasteiger partial charge in [-0.3, -0.25) is 4.79 Å². The highest BCUT2D eigenvalue weighted by Crippen LogP contribution is 2.33. The van der Waals surface area contributed by atoms with Crippen LogP contribution < -0.4 is 21.9 Å². The van der Waals surface area contributed by atoms with Crippen molar-refractivity contribution in [3.05, 3.63) is 32.6 Å². The van der Waals surface area contributed by atoms with Gasteiger partial charge in [-0.1, -0.05) is 0 Å². The lowest BCUT2D eigenvalue weighted by Crippen LogP contribution is -2.58. The molecule has 114 valence electrons. The minimum absolute atomic E-state index is 0.217. The van der Waals surface area contributed by atoms with E-state index in [-0.39, 0.29) is 18.6 Å². The van der Waals surface area contributed by atoms with Gasteiger partial charge in [-0.05, 0) is 6.92 Å². The zero-order chi connectivity index (χ0) is 15.1. The van der Waals surface area contributed by atoms with Gasteiger partial charge in [-0.25, -0.2) is 14.2 Å². The van der Waals surface area contributed by atoms with Gasteiger partial charge in [0, 0.05) is 24.2 Å². The number of nitrogens with zero attached hydrogens (tertiary/aromatic N) is 1. The Labute approximate surface area is 118 Å². The molecule has 4 atom stereocenters. The maximum absolute atomic E-state index is 12.1. The number of hydrogen-bond donors (Lipinski definition) is 4. The first-order valence-corrected chi connectivity index (χ1v) is 6.64. The number of amides is 2. The van der Waals surface area contributed by atoms with Crippen molar-refractivity contribution in [3.8, 4) is 0 Å². The number of aromatic amines is 1. The van der Waals surface area contributed by atoms with E-state index in [4.69, 9.17) is 4.74 Å².